The van der Waals surface area contributed by atoms with Gasteiger partial charge in [0.25, 0.3) is 0 Å². The van der Waals surface area contributed by atoms with Crippen molar-refractivity contribution in [2.24, 2.45) is 5.41 Å². The Morgan fingerprint density at radius 3 is 2.48 bits per heavy atom. The van der Waals surface area contributed by atoms with Gasteiger partial charge in [-0.1, -0.05) is 55.4 Å². The number of carbonyl (C=O) groups excluding carboxylic acids is 1. The SMILES string of the molecule is CC1=C(/C=C/C(C)=C/C=C/C(C)=C/C(=O)CS(C)=O)C(C)(C)CCC1. The van der Waals surface area contributed by atoms with Crippen LogP contribution in [0.25, 0.3) is 0 Å². The Hall–Kier alpha value is -1.48. The minimum atomic E-state index is -1.08. The highest BCUT2D eigenvalue weighted by Gasteiger charge is 2.26. The summed E-state index contributed by atoms with van der Waals surface area (Å²) in [4.78, 5) is 11.6. The van der Waals surface area contributed by atoms with Crippen molar-refractivity contribution in [3.63, 3.8) is 0 Å². The number of carbonyl (C=O) groups is 1. The molecule has 0 N–H and O–H groups in total. The van der Waals surface area contributed by atoms with Gasteiger partial charge in [-0.15, -0.1) is 0 Å². The molecule has 25 heavy (non-hydrogen) atoms. The maximum atomic E-state index is 11.6. The van der Waals surface area contributed by atoms with E-state index in [2.05, 4.69) is 39.8 Å². The van der Waals surface area contributed by atoms with Crippen LogP contribution in [0.5, 0.6) is 0 Å². The second-order valence-corrected chi connectivity index (χ2v) is 9.04. The fourth-order valence-corrected chi connectivity index (χ4v) is 3.66. The molecule has 0 saturated carbocycles. The molecule has 0 spiro atoms. The lowest BCUT2D eigenvalue weighted by Gasteiger charge is -2.32. The van der Waals surface area contributed by atoms with E-state index in [-0.39, 0.29) is 17.0 Å². The molecule has 0 aliphatic heterocycles. The van der Waals surface area contributed by atoms with Gasteiger partial charge in [0.1, 0.15) is 0 Å². The Morgan fingerprint density at radius 1 is 1.20 bits per heavy atom. The van der Waals surface area contributed by atoms with E-state index in [9.17, 15) is 9.00 Å². The summed E-state index contributed by atoms with van der Waals surface area (Å²) in [5.41, 5.74) is 5.27. The fraction of sp³-hybridized carbons (Fsp3) is 0.500. The van der Waals surface area contributed by atoms with Gasteiger partial charge >= 0.3 is 0 Å². The van der Waals surface area contributed by atoms with E-state index in [4.69, 9.17) is 0 Å². The molecular formula is C22H32O2S. The molecule has 0 bridgehead atoms. The second-order valence-electron chi connectivity index (χ2n) is 7.61. The van der Waals surface area contributed by atoms with Gasteiger partial charge < -0.3 is 0 Å². The average molecular weight is 361 g/mol. The summed E-state index contributed by atoms with van der Waals surface area (Å²) in [7, 11) is -1.08. The highest BCUT2D eigenvalue weighted by molar-refractivity contribution is 7.85. The molecule has 1 rings (SSSR count). The van der Waals surface area contributed by atoms with Crippen LogP contribution in [0.2, 0.25) is 0 Å². The van der Waals surface area contributed by atoms with Crippen LogP contribution in [0.15, 0.2) is 58.7 Å². The van der Waals surface area contributed by atoms with Crippen molar-refractivity contribution in [3.05, 3.63) is 58.7 Å². The van der Waals surface area contributed by atoms with E-state index in [0.717, 1.165) is 5.57 Å². The van der Waals surface area contributed by atoms with E-state index in [0.29, 0.717) is 0 Å². The molecule has 1 unspecified atom stereocenters. The zero-order valence-electron chi connectivity index (χ0n) is 16.5. The third-order valence-electron chi connectivity index (χ3n) is 4.51. The summed E-state index contributed by atoms with van der Waals surface area (Å²) in [6.45, 7) is 10.8. The zero-order chi connectivity index (χ0) is 19.0. The highest BCUT2D eigenvalue weighted by atomic mass is 32.2. The molecule has 2 nitrogen and oxygen atoms in total. The van der Waals surface area contributed by atoms with Gasteiger partial charge in [0.05, 0.1) is 5.75 Å². The topological polar surface area (TPSA) is 34.1 Å². The Morgan fingerprint density at radius 2 is 1.88 bits per heavy atom. The fourth-order valence-electron chi connectivity index (χ4n) is 3.18. The lowest BCUT2D eigenvalue weighted by Crippen LogP contribution is -2.19. The molecule has 1 atom stereocenters. The van der Waals surface area contributed by atoms with Crippen LogP contribution in [-0.4, -0.2) is 22.0 Å². The van der Waals surface area contributed by atoms with Gasteiger partial charge in [0, 0.05) is 17.1 Å². The summed E-state index contributed by atoms with van der Waals surface area (Å²) in [5, 5.41) is 0. The normalized spacial score (nSPS) is 20.6. The molecule has 1 aliphatic rings. The van der Waals surface area contributed by atoms with E-state index in [1.807, 2.05) is 25.2 Å². The van der Waals surface area contributed by atoms with Crippen molar-refractivity contribution < 1.29 is 9.00 Å². The van der Waals surface area contributed by atoms with E-state index < -0.39 is 10.8 Å². The molecule has 138 valence electrons. The molecule has 0 heterocycles. The van der Waals surface area contributed by atoms with Crippen LogP contribution in [0.4, 0.5) is 0 Å². The Balaban J connectivity index is 2.74. The van der Waals surface area contributed by atoms with Gasteiger partial charge in [0.2, 0.25) is 0 Å². The molecule has 3 heteroatoms. The van der Waals surface area contributed by atoms with Crippen LogP contribution >= 0.6 is 0 Å². The van der Waals surface area contributed by atoms with Crippen molar-refractivity contribution in [1.29, 1.82) is 0 Å². The zero-order valence-corrected chi connectivity index (χ0v) is 17.3. The van der Waals surface area contributed by atoms with E-state index in [1.54, 1.807) is 12.3 Å². The lowest BCUT2D eigenvalue weighted by molar-refractivity contribution is -0.112. The third-order valence-corrected chi connectivity index (χ3v) is 5.20. The van der Waals surface area contributed by atoms with E-state index in [1.165, 1.54) is 36.0 Å². The van der Waals surface area contributed by atoms with Crippen molar-refractivity contribution in [2.45, 2.75) is 53.9 Å². The maximum absolute atomic E-state index is 11.6. The quantitative estimate of drug-likeness (QED) is 0.446. The molecular weight excluding hydrogens is 328 g/mol. The Kier molecular flexibility index (Phi) is 8.51. The van der Waals surface area contributed by atoms with Gasteiger partial charge in [-0.3, -0.25) is 9.00 Å². The molecule has 0 saturated heterocycles. The van der Waals surface area contributed by atoms with Crippen molar-refractivity contribution in [2.75, 3.05) is 12.0 Å². The first-order valence-electron chi connectivity index (χ1n) is 8.86. The molecule has 0 fully saturated rings. The van der Waals surface area contributed by atoms with Gasteiger partial charge in [-0.2, -0.15) is 0 Å². The second kappa shape index (κ2) is 9.86. The molecule has 0 amide bonds. The van der Waals surface area contributed by atoms with Crippen LogP contribution in [0.3, 0.4) is 0 Å². The van der Waals surface area contributed by atoms with Crippen molar-refractivity contribution >= 4 is 16.6 Å². The Bertz CT molecular complexity index is 670. The molecule has 0 aromatic carbocycles. The number of ketones is 1. The van der Waals surface area contributed by atoms with Gasteiger partial charge in [0.15, 0.2) is 5.78 Å². The monoisotopic (exact) mass is 360 g/mol. The number of hydrogen-bond donors (Lipinski definition) is 0. The Labute approximate surface area is 155 Å². The van der Waals surface area contributed by atoms with E-state index >= 15 is 0 Å². The van der Waals surface area contributed by atoms with Crippen molar-refractivity contribution in [3.8, 4) is 0 Å². The summed E-state index contributed by atoms with van der Waals surface area (Å²) < 4.78 is 11.0. The summed E-state index contributed by atoms with van der Waals surface area (Å²) >= 11 is 0. The summed E-state index contributed by atoms with van der Waals surface area (Å²) in [6, 6.07) is 0. The van der Waals surface area contributed by atoms with Crippen LogP contribution in [0.1, 0.15) is 53.9 Å². The average Bonchev–Trinajstić information content (AvgIpc) is 2.44. The first kappa shape index (κ1) is 21.6. The first-order valence-corrected chi connectivity index (χ1v) is 10.6. The standard InChI is InChI=1S/C22H32O2S/c1-17(9-7-10-18(2)15-20(23)16-25(6)24)12-13-21-19(3)11-8-14-22(21,4)5/h7,9-10,12-13,15H,8,11,14,16H2,1-6H3/b10-7+,13-12+,17-9+,18-15+. The van der Waals surface area contributed by atoms with Gasteiger partial charge in [-0.25, -0.2) is 0 Å². The third kappa shape index (κ3) is 7.96. The van der Waals surface area contributed by atoms with Gasteiger partial charge in [-0.05, 0) is 62.7 Å². The molecule has 1 aliphatic carbocycles. The maximum Gasteiger partial charge on any atom is 0.168 e. The number of allylic oxidation sites excluding steroid dienone is 10. The summed E-state index contributed by atoms with van der Waals surface area (Å²) in [5.74, 6) is -0.00180. The number of hydrogen-bond acceptors (Lipinski definition) is 2. The molecule has 0 aromatic heterocycles. The lowest BCUT2D eigenvalue weighted by atomic mass is 9.72. The minimum absolute atomic E-state index is 0.0903. The summed E-state index contributed by atoms with van der Waals surface area (Å²) in [6.07, 6.45) is 17.1. The van der Waals surface area contributed by atoms with Crippen LogP contribution in [0, 0.1) is 5.41 Å². The van der Waals surface area contributed by atoms with Crippen molar-refractivity contribution in [1.82, 2.24) is 0 Å². The van der Waals surface area contributed by atoms with Crippen LogP contribution in [-0.2, 0) is 15.6 Å². The highest BCUT2D eigenvalue weighted by Crippen LogP contribution is 2.40. The minimum Gasteiger partial charge on any atom is -0.294 e. The first-order chi connectivity index (χ1) is 11.6. The largest absolute Gasteiger partial charge is 0.294 e. The predicted octanol–water partition coefficient (Wildman–Crippen LogP) is 5.47. The number of rotatable bonds is 7. The smallest absolute Gasteiger partial charge is 0.168 e. The molecule has 0 aromatic rings. The predicted molar refractivity (Wildman–Crippen MR) is 110 cm³/mol. The van der Waals surface area contributed by atoms with Crippen LogP contribution < -0.4 is 0 Å². The molecule has 0 radical (unpaired) electrons.